The molecular formula is C24H29FN2O6S. The number of carbonyl (C=O) groups is 1. The van der Waals surface area contributed by atoms with Gasteiger partial charge in [-0.2, -0.15) is 4.31 Å². The molecule has 4 rings (SSSR count). The molecule has 184 valence electrons. The number of ether oxygens (including phenoxy) is 3. The summed E-state index contributed by atoms with van der Waals surface area (Å²) in [5.74, 6) is -0.277. The van der Waals surface area contributed by atoms with E-state index < -0.39 is 27.8 Å². The van der Waals surface area contributed by atoms with Crippen molar-refractivity contribution >= 4 is 15.9 Å². The first kappa shape index (κ1) is 24.4. The fourth-order valence-corrected chi connectivity index (χ4v) is 5.44. The third kappa shape index (κ3) is 5.18. The maximum atomic E-state index is 14.6. The fourth-order valence-electron chi connectivity index (χ4n) is 4.00. The number of benzene rings is 2. The van der Waals surface area contributed by atoms with Crippen molar-refractivity contribution in [3.8, 4) is 11.5 Å². The lowest BCUT2D eigenvalue weighted by molar-refractivity contribution is 0.0730. The van der Waals surface area contributed by atoms with Gasteiger partial charge in [0.15, 0.2) is 11.5 Å². The van der Waals surface area contributed by atoms with Crippen LogP contribution in [0.2, 0.25) is 0 Å². The van der Waals surface area contributed by atoms with Crippen molar-refractivity contribution in [3.05, 3.63) is 53.3 Å². The molecule has 1 unspecified atom stereocenters. The van der Waals surface area contributed by atoms with E-state index in [9.17, 15) is 17.6 Å². The minimum absolute atomic E-state index is 0.0305. The van der Waals surface area contributed by atoms with E-state index in [1.807, 2.05) is 26.0 Å². The van der Waals surface area contributed by atoms with Crippen molar-refractivity contribution in [1.82, 2.24) is 9.62 Å². The highest BCUT2D eigenvalue weighted by Gasteiger charge is 2.29. The smallest absolute Gasteiger partial charge is 0.254 e. The second-order valence-electron chi connectivity index (χ2n) is 8.61. The average molecular weight is 493 g/mol. The maximum Gasteiger partial charge on any atom is 0.254 e. The Morgan fingerprint density at radius 1 is 1.00 bits per heavy atom. The van der Waals surface area contributed by atoms with Crippen LogP contribution in [0.1, 0.15) is 42.2 Å². The third-order valence-corrected chi connectivity index (χ3v) is 7.77. The van der Waals surface area contributed by atoms with Gasteiger partial charge in [-0.1, -0.05) is 19.9 Å². The van der Waals surface area contributed by atoms with E-state index in [-0.39, 0.29) is 29.5 Å². The zero-order chi connectivity index (χ0) is 24.3. The third-order valence-electron chi connectivity index (χ3n) is 5.87. The summed E-state index contributed by atoms with van der Waals surface area (Å²) in [6.45, 7) is 5.97. The maximum absolute atomic E-state index is 14.6. The first-order valence-electron chi connectivity index (χ1n) is 11.3. The van der Waals surface area contributed by atoms with Crippen molar-refractivity contribution in [2.75, 3.05) is 39.5 Å². The van der Waals surface area contributed by atoms with Crippen LogP contribution in [0.25, 0.3) is 0 Å². The quantitative estimate of drug-likeness (QED) is 0.666. The highest BCUT2D eigenvalue weighted by Crippen LogP contribution is 2.34. The molecule has 1 saturated heterocycles. The highest BCUT2D eigenvalue weighted by molar-refractivity contribution is 7.89. The second-order valence-corrected chi connectivity index (χ2v) is 10.5. The molecule has 2 aromatic carbocycles. The first-order valence-corrected chi connectivity index (χ1v) is 12.8. The van der Waals surface area contributed by atoms with E-state index in [4.69, 9.17) is 14.2 Å². The largest absolute Gasteiger partial charge is 0.490 e. The summed E-state index contributed by atoms with van der Waals surface area (Å²) < 4.78 is 58.5. The molecule has 2 aromatic rings. The first-order chi connectivity index (χ1) is 16.3. The van der Waals surface area contributed by atoms with Crippen LogP contribution in [-0.4, -0.2) is 58.1 Å². The molecule has 0 aliphatic carbocycles. The molecule has 0 radical (unpaired) electrons. The standard InChI is InChI=1S/C24H29FN2O6S/c1-16(2)23(17-4-7-21-22(14-17)33-11-3-10-32-21)26-24(28)19-15-18(5-6-20(19)25)34(29,30)27-8-12-31-13-9-27/h4-7,14-16,23H,3,8-13H2,1-2H3,(H,26,28). The minimum atomic E-state index is -3.87. The topological polar surface area (TPSA) is 94.2 Å². The average Bonchev–Trinajstić information content (AvgIpc) is 3.08. The van der Waals surface area contributed by atoms with Gasteiger partial charge >= 0.3 is 0 Å². The Morgan fingerprint density at radius 2 is 1.71 bits per heavy atom. The summed E-state index contributed by atoms with van der Waals surface area (Å²) in [7, 11) is -3.87. The molecule has 10 heteroatoms. The summed E-state index contributed by atoms with van der Waals surface area (Å²) >= 11 is 0. The SMILES string of the molecule is CC(C)C(NC(=O)c1cc(S(=O)(=O)N2CCOCC2)ccc1F)c1ccc2c(c1)OCCCO2. The summed E-state index contributed by atoms with van der Waals surface area (Å²) in [5, 5.41) is 2.87. The molecule has 0 aromatic heterocycles. The Hall–Kier alpha value is -2.69. The van der Waals surface area contributed by atoms with Gasteiger partial charge < -0.3 is 19.5 Å². The highest BCUT2D eigenvalue weighted by atomic mass is 32.2. The van der Waals surface area contributed by atoms with Crippen molar-refractivity contribution in [2.45, 2.75) is 31.2 Å². The van der Waals surface area contributed by atoms with Crippen LogP contribution in [-0.2, 0) is 14.8 Å². The van der Waals surface area contributed by atoms with Crippen LogP contribution >= 0.6 is 0 Å². The van der Waals surface area contributed by atoms with Gasteiger partial charge in [0.1, 0.15) is 5.82 Å². The predicted molar refractivity (Wildman–Crippen MR) is 123 cm³/mol. The van der Waals surface area contributed by atoms with Gasteiger partial charge in [-0.25, -0.2) is 12.8 Å². The summed E-state index contributed by atoms with van der Waals surface area (Å²) in [5.41, 5.74) is 0.458. The number of sulfonamides is 1. The van der Waals surface area contributed by atoms with Crippen LogP contribution in [0.15, 0.2) is 41.3 Å². The Labute approximate surface area is 199 Å². The molecule has 0 spiro atoms. The summed E-state index contributed by atoms with van der Waals surface area (Å²) in [4.78, 5) is 13.0. The number of nitrogens with zero attached hydrogens (tertiary/aromatic N) is 1. The second kappa shape index (κ2) is 10.3. The van der Waals surface area contributed by atoms with Crippen LogP contribution in [0.3, 0.4) is 0 Å². The Balaban J connectivity index is 1.59. The van der Waals surface area contributed by atoms with Gasteiger partial charge in [0.05, 0.1) is 42.9 Å². The number of fused-ring (bicyclic) bond motifs is 1. The number of halogens is 1. The molecule has 2 aliphatic heterocycles. The van der Waals surface area contributed by atoms with E-state index in [2.05, 4.69) is 5.32 Å². The molecule has 0 bridgehead atoms. The van der Waals surface area contributed by atoms with Crippen LogP contribution in [0.5, 0.6) is 11.5 Å². The van der Waals surface area contributed by atoms with Gasteiger partial charge in [0.2, 0.25) is 10.0 Å². The molecule has 1 N–H and O–H groups in total. The molecular weight excluding hydrogens is 463 g/mol. The van der Waals surface area contributed by atoms with Gasteiger partial charge in [-0.05, 0) is 41.8 Å². The Kier molecular flexibility index (Phi) is 7.39. The molecule has 8 nitrogen and oxygen atoms in total. The van der Waals surface area contributed by atoms with E-state index in [1.165, 1.54) is 10.4 Å². The van der Waals surface area contributed by atoms with Crippen molar-refractivity contribution in [2.24, 2.45) is 5.92 Å². The normalized spacial score (nSPS) is 17.8. The van der Waals surface area contributed by atoms with E-state index in [1.54, 1.807) is 6.07 Å². The minimum Gasteiger partial charge on any atom is -0.490 e. The predicted octanol–water partition coefficient (Wildman–Crippen LogP) is 3.14. The Bertz CT molecular complexity index is 1150. The number of rotatable bonds is 6. The molecule has 2 aliphatic rings. The van der Waals surface area contributed by atoms with Crippen LogP contribution < -0.4 is 14.8 Å². The van der Waals surface area contributed by atoms with E-state index in [0.29, 0.717) is 37.9 Å². The van der Waals surface area contributed by atoms with Crippen LogP contribution in [0, 0.1) is 11.7 Å². The molecule has 1 fully saturated rings. The van der Waals surface area contributed by atoms with E-state index in [0.717, 1.165) is 24.1 Å². The Morgan fingerprint density at radius 3 is 2.41 bits per heavy atom. The van der Waals surface area contributed by atoms with Gasteiger partial charge in [0, 0.05) is 19.5 Å². The summed E-state index contributed by atoms with van der Waals surface area (Å²) in [6, 6.07) is 8.30. The lowest BCUT2D eigenvalue weighted by Gasteiger charge is -2.26. The molecule has 0 saturated carbocycles. The number of amides is 1. The lowest BCUT2D eigenvalue weighted by Crippen LogP contribution is -2.40. The van der Waals surface area contributed by atoms with Gasteiger partial charge in [-0.15, -0.1) is 0 Å². The number of hydrogen-bond donors (Lipinski definition) is 1. The van der Waals surface area contributed by atoms with Crippen molar-refractivity contribution < 1.29 is 31.8 Å². The zero-order valence-corrected chi connectivity index (χ0v) is 20.1. The number of morpholine rings is 1. The zero-order valence-electron chi connectivity index (χ0n) is 19.3. The number of carbonyl (C=O) groups excluding carboxylic acids is 1. The molecule has 2 heterocycles. The summed E-state index contributed by atoms with van der Waals surface area (Å²) in [6.07, 6.45) is 0.775. The van der Waals surface area contributed by atoms with Crippen molar-refractivity contribution in [1.29, 1.82) is 0 Å². The van der Waals surface area contributed by atoms with Crippen molar-refractivity contribution in [3.63, 3.8) is 0 Å². The van der Waals surface area contributed by atoms with Gasteiger partial charge in [0.25, 0.3) is 5.91 Å². The fraction of sp³-hybridized carbons (Fsp3) is 0.458. The van der Waals surface area contributed by atoms with Gasteiger partial charge in [-0.3, -0.25) is 4.79 Å². The monoisotopic (exact) mass is 492 g/mol. The van der Waals surface area contributed by atoms with Crippen LogP contribution in [0.4, 0.5) is 4.39 Å². The number of nitrogens with one attached hydrogen (secondary N) is 1. The lowest BCUT2D eigenvalue weighted by atomic mass is 9.95. The molecule has 1 atom stereocenters. The molecule has 34 heavy (non-hydrogen) atoms. The number of hydrogen-bond acceptors (Lipinski definition) is 6. The molecule has 1 amide bonds. The van der Waals surface area contributed by atoms with E-state index >= 15 is 0 Å².